The van der Waals surface area contributed by atoms with Crippen LogP contribution in [0.3, 0.4) is 0 Å². The molecule has 0 aliphatic heterocycles. The van der Waals surface area contributed by atoms with Gasteiger partial charge in [0.05, 0.1) is 6.54 Å². The Morgan fingerprint density at radius 2 is 2.00 bits per heavy atom. The highest BCUT2D eigenvalue weighted by Crippen LogP contribution is 2.17. The van der Waals surface area contributed by atoms with E-state index in [2.05, 4.69) is 20.9 Å². The Morgan fingerprint density at radius 3 is 2.69 bits per heavy atom. The maximum absolute atomic E-state index is 13.4. The minimum Gasteiger partial charge on any atom is -0.352 e. The summed E-state index contributed by atoms with van der Waals surface area (Å²) >= 11 is 1.65. The average molecular weight is 381 g/mol. The van der Waals surface area contributed by atoms with Gasteiger partial charge in [0.25, 0.3) is 0 Å². The molecule has 0 saturated heterocycles. The molecule has 0 unspecified atom stereocenters. The van der Waals surface area contributed by atoms with Gasteiger partial charge in [-0.3, -0.25) is 9.79 Å². The first-order valence-electron chi connectivity index (χ1n) is 9.12. The van der Waals surface area contributed by atoms with Gasteiger partial charge in [-0.25, -0.2) is 4.39 Å². The van der Waals surface area contributed by atoms with Crippen LogP contribution >= 0.6 is 11.8 Å². The maximum atomic E-state index is 13.4. The van der Waals surface area contributed by atoms with Crippen molar-refractivity contribution in [3.8, 4) is 0 Å². The summed E-state index contributed by atoms with van der Waals surface area (Å²) in [4.78, 5) is 16.2. The Bertz CT molecular complexity index is 618. The van der Waals surface area contributed by atoms with Crippen LogP contribution in [0.5, 0.6) is 0 Å². The topological polar surface area (TPSA) is 65.5 Å². The molecule has 0 atom stereocenters. The van der Waals surface area contributed by atoms with Gasteiger partial charge in [-0.05, 0) is 42.4 Å². The average Bonchev–Trinajstić information content (AvgIpc) is 2.64. The number of guanidine groups is 1. The molecule has 0 radical (unpaired) electrons. The lowest BCUT2D eigenvalue weighted by atomic mass is 9.95. The molecule has 144 valence electrons. The number of carbonyl (C=O) groups excluding carboxylic acids is 1. The van der Waals surface area contributed by atoms with E-state index >= 15 is 0 Å². The summed E-state index contributed by atoms with van der Waals surface area (Å²) in [6.45, 7) is 0.720. The lowest BCUT2D eigenvalue weighted by Crippen LogP contribution is -2.45. The van der Waals surface area contributed by atoms with Gasteiger partial charge in [-0.15, -0.1) is 0 Å². The predicted octanol–water partition coefficient (Wildman–Crippen LogP) is 2.80. The molecule has 0 aromatic heterocycles. The van der Waals surface area contributed by atoms with Crippen molar-refractivity contribution >= 4 is 23.6 Å². The van der Waals surface area contributed by atoms with Crippen LogP contribution < -0.4 is 16.0 Å². The highest BCUT2D eigenvalue weighted by Gasteiger charge is 2.15. The van der Waals surface area contributed by atoms with Crippen molar-refractivity contribution in [3.63, 3.8) is 0 Å². The second kappa shape index (κ2) is 11.1. The van der Waals surface area contributed by atoms with Crippen LogP contribution in [0.1, 0.15) is 43.2 Å². The normalized spacial score (nSPS) is 15.6. The second-order valence-corrected chi connectivity index (χ2v) is 7.39. The van der Waals surface area contributed by atoms with Crippen molar-refractivity contribution in [2.45, 2.75) is 50.4 Å². The number of aliphatic imine (C=N–C) groups is 1. The van der Waals surface area contributed by atoms with E-state index < -0.39 is 0 Å². The molecule has 1 aliphatic carbocycles. The Morgan fingerprint density at radius 1 is 1.23 bits per heavy atom. The van der Waals surface area contributed by atoms with Crippen molar-refractivity contribution in [1.82, 2.24) is 16.0 Å². The summed E-state index contributed by atoms with van der Waals surface area (Å²) in [7, 11) is 1.67. The molecule has 1 amide bonds. The molecular weight excluding hydrogens is 351 g/mol. The highest BCUT2D eigenvalue weighted by molar-refractivity contribution is 7.97. The van der Waals surface area contributed by atoms with Crippen LogP contribution in [0.4, 0.5) is 4.39 Å². The molecular formula is C19H29FN4OS. The van der Waals surface area contributed by atoms with E-state index in [0.717, 1.165) is 29.7 Å². The monoisotopic (exact) mass is 380 g/mol. The SMILES string of the molecule is CN=C(NCC(=O)NC1CCCCC1)NCc1ccc(F)cc1CSC. The third kappa shape index (κ3) is 6.86. The van der Waals surface area contributed by atoms with Gasteiger partial charge in [-0.2, -0.15) is 11.8 Å². The maximum Gasteiger partial charge on any atom is 0.239 e. The first kappa shape index (κ1) is 20.6. The zero-order valence-corrected chi connectivity index (χ0v) is 16.4. The van der Waals surface area contributed by atoms with Gasteiger partial charge in [0.2, 0.25) is 5.91 Å². The van der Waals surface area contributed by atoms with E-state index in [-0.39, 0.29) is 18.3 Å². The van der Waals surface area contributed by atoms with Crippen molar-refractivity contribution < 1.29 is 9.18 Å². The Labute approximate surface area is 159 Å². The largest absolute Gasteiger partial charge is 0.352 e. The number of benzene rings is 1. The number of hydrogen-bond acceptors (Lipinski definition) is 3. The Hall–Kier alpha value is -1.76. The molecule has 1 aromatic carbocycles. The number of halogens is 1. The molecule has 7 heteroatoms. The fraction of sp³-hybridized carbons (Fsp3) is 0.579. The molecule has 1 saturated carbocycles. The summed E-state index contributed by atoms with van der Waals surface area (Å²) < 4.78 is 13.4. The number of nitrogens with one attached hydrogen (secondary N) is 3. The van der Waals surface area contributed by atoms with Gasteiger partial charge >= 0.3 is 0 Å². The van der Waals surface area contributed by atoms with E-state index in [1.165, 1.54) is 25.3 Å². The van der Waals surface area contributed by atoms with Gasteiger partial charge in [-0.1, -0.05) is 25.3 Å². The van der Waals surface area contributed by atoms with E-state index in [4.69, 9.17) is 0 Å². The quantitative estimate of drug-likeness (QED) is 0.503. The minimum atomic E-state index is -0.223. The van der Waals surface area contributed by atoms with E-state index in [1.807, 2.05) is 6.26 Å². The first-order chi connectivity index (χ1) is 12.6. The summed E-state index contributed by atoms with van der Waals surface area (Å²) in [6, 6.07) is 5.13. The molecule has 0 heterocycles. The summed E-state index contributed by atoms with van der Waals surface area (Å²) in [5.74, 6) is 1.08. The molecule has 1 fully saturated rings. The predicted molar refractivity (Wildman–Crippen MR) is 107 cm³/mol. The second-order valence-electron chi connectivity index (χ2n) is 6.53. The first-order valence-corrected chi connectivity index (χ1v) is 10.5. The molecule has 1 aromatic rings. The zero-order valence-electron chi connectivity index (χ0n) is 15.6. The lowest BCUT2D eigenvalue weighted by Gasteiger charge is -2.23. The minimum absolute atomic E-state index is 0.00953. The molecule has 1 aliphatic rings. The van der Waals surface area contributed by atoms with Crippen molar-refractivity contribution in [3.05, 3.63) is 35.1 Å². The van der Waals surface area contributed by atoms with Crippen LogP contribution in [0.15, 0.2) is 23.2 Å². The van der Waals surface area contributed by atoms with E-state index in [0.29, 0.717) is 18.5 Å². The zero-order chi connectivity index (χ0) is 18.8. The Kier molecular flexibility index (Phi) is 8.74. The highest BCUT2D eigenvalue weighted by atomic mass is 32.2. The van der Waals surface area contributed by atoms with Crippen LogP contribution in [0.25, 0.3) is 0 Å². The number of rotatable bonds is 7. The van der Waals surface area contributed by atoms with E-state index in [1.54, 1.807) is 30.9 Å². The molecule has 0 bridgehead atoms. The van der Waals surface area contributed by atoms with Gasteiger partial charge < -0.3 is 16.0 Å². The molecule has 2 rings (SSSR count). The standard InChI is InChI=1S/C19H29FN4OS/c1-21-19(23-12-18(25)24-17-6-4-3-5-7-17)22-11-14-8-9-16(20)10-15(14)13-26-2/h8-10,17H,3-7,11-13H2,1-2H3,(H,24,25)(H2,21,22,23). The fourth-order valence-electron chi connectivity index (χ4n) is 3.15. The number of thioether (sulfide) groups is 1. The van der Waals surface area contributed by atoms with Crippen molar-refractivity contribution in [1.29, 1.82) is 0 Å². The lowest BCUT2D eigenvalue weighted by molar-refractivity contribution is -0.120. The third-order valence-electron chi connectivity index (χ3n) is 4.52. The third-order valence-corrected chi connectivity index (χ3v) is 5.12. The Balaban J connectivity index is 1.79. The van der Waals surface area contributed by atoms with E-state index in [9.17, 15) is 9.18 Å². The number of amides is 1. The van der Waals surface area contributed by atoms with Crippen molar-refractivity contribution in [2.24, 2.45) is 4.99 Å². The fourth-order valence-corrected chi connectivity index (χ4v) is 3.73. The number of carbonyl (C=O) groups is 1. The summed E-state index contributed by atoms with van der Waals surface area (Å²) in [5, 5.41) is 9.31. The van der Waals surface area contributed by atoms with Gasteiger partial charge in [0, 0.05) is 25.4 Å². The summed E-state index contributed by atoms with van der Waals surface area (Å²) in [5.41, 5.74) is 1.99. The summed E-state index contributed by atoms with van der Waals surface area (Å²) in [6.07, 6.45) is 7.79. The van der Waals surface area contributed by atoms with Crippen LogP contribution in [-0.2, 0) is 17.1 Å². The molecule has 26 heavy (non-hydrogen) atoms. The van der Waals surface area contributed by atoms with Gasteiger partial charge in [0.1, 0.15) is 5.82 Å². The smallest absolute Gasteiger partial charge is 0.239 e. The number of hydrogen-bond donors (Lipinski definition) is 3. The number of nitrogens with zero attached hydrogens (tertiary/aromatic N) is 1. The molecule has 5 nitrogen and oxygen atoms in total. The van der Waals surface area contributed by atoms with Crippen LogP contribution in [0, 0.1) is 5.82 Å². The van der Waals surface area contributed by atoms with Crippen molar-refractivity contribution in [2.75, 3.05) is 19.8 Å². The molecule has 3 N–H and O–H groups in total. The van der Waals surface area contributed by atoms with Gasteiger partial charge in [0.15, 0.2) is 5.96 Å². The van der Waals surface area contributed by atoms with Crippen LogP contribution in [-0.4, -0.2) is 37.8 Å². The molecule has 0 spiro atoms. The van der Waals surface area contributed by atoms with Crippen LogP contribution in [0.2, 0.25) is 0 Å².